The van der Waals surface area contributed by atoms with Gasteiger partial charge < -0.3 is 5.32 Å². The molecule has 4 rings (SSSR count). The van der Waals surface area contributed by atoms with Gasteiger partial charge in [0.05, 0.1) is 16.9 Å². The zero-order valence-corrected chi connectivity index (χ0v) is 20.7. The van der Waals surface area contributed by atoms with Crippen LogP contribution in [0.25, 0.3) is 0 Å². The molecule has 1 aromatic carbocycles. The van der Waals surface area contributed by atoms with Gasteiger partial charge in [-0.2, -0.15) is 0 Å². The van der Waals surface area contributed by atoms with E-state index >= 15 is 0 Å². The quantitative estimate of drug-likeness (QED) is 0.307. The van der Waals surface area contributed by atoms with Gasteiger partial charge in [-0.25, -0.2) is 24.9 Å². The lowest BCUT2D eigenvalue weighted by Gasteiger charge is -2.20. The van der Waals surface area contributed by atoms with Crippen molar-refractivity contribution in [3.63, 3.8) is 0 Å². The Balaban J connectivity index is 1.75. The molecule has 0 radical (unpaired) electrons. The summed E-state index contributed by atoms with van der Waals surface area (Å²) >= 11 is 19.7. The topological polar surface area (TPSA) is 96.8 Å². The molecule has 33 heavy (non-hydrogen) atoms. The second-order valence-electron chi connectivity index (χ2n) is 6.92. The molecule has 0 aliphatic rings. The van der Waals surface area contributed by atoms with E-state index in [4.69, 9.17) is 34.8 Å². The molecule has 1 N–H and O–H groups in total. The Bertz CT molecular complexity index is 1250. The molecule has 168 valence electrons. The predicted octanol–water partition coefficient (Wildman–Crippen LogP) is 6.33. The first-order valence-corrected chi connectivity index (χ1v) is 11.5. The van der Waals surface area contributed by atoms with Gasteiger partial charge in [0.15, 0.2) is 5.13 Å². The lowest BCUT2D eigenvalue weighted by molar-refractivity contribution is 0.103. The summed E-state index contributed by atoms with van der Waals surface area (Å²) in [6.45, 7) is 5.31. The summed E-state index contributed by atoms with van der Waals surface area (Å²) in [6, 6.07) is 8.55. The molecule has 4 aromatic rings. The number of aromatic nitrogens is 5. The molecule has 3 aromatic heterocycles. The zero-order valence-electron chi connectivity index (χ0n) is 17.6. The van der Waals surface area contributed by atoms with E-state index in [1.807, 2.05) is 19.1 Å². The van der Waals surface area contributed by atoms with Crippen molar-refractivity contribution in [2.24, 2.45) is 0 Å². The molecule has 0 atom stereocenters. The Hall–Kier alpha value is -2.85. The molecular formula is C21H16Cl3N7OS. The maximum Gasteiger partial charge on any atom is 0.267 e. The Morgan fingerprint density at radius 1 is 0.939 bits per heavy atom. The van der Waals surface area contributed by atoms with Crippen LogP contribution < -0.4 is 10.2 Å². The van der Waals surface area contributed by atoms with Crippen LogP contribution >= 0.6 is 46.1 Å². The molecule has 0 aliphatic carbocycles. The lowest BCUT2D eigenvalue weighted by atomic mass is 10.2. The third-order valence-electron chi connectivity index (χ3n) is 4.41. The van der Waals surface area contributed by atoms with Crippen LogP contribution in [0.5, 0.6) is 0 Å². The second kappa shape index (κ2) is 9.56. The van der Waals surface area contributed by atoms with E-state index in [1.54, 1.807) is 36.9 Å². The van der Waals surface area contributed by atoms with Crippen molar-refractivity contribution in [1.82, 2.24) is 24.9 Å². The minimum absolute atomic E-state index is 0.253. The fourth-order valence-electron chi connectivity index (χ4n) is 3.01. The first kappa shape index (κ1) is 23.3. The van der Waals surface area contributed by atoms with Crippen molar-refractivity contribution in [3.8, 4) is 0 Å². The van der Waals surface area contributed by atoms with Crippen molar-refractivity contribution in [2.75, 3.05) is 10.2 Å². The fourth-order valence-corrected chi connectivity index (χ4v) is 4.55. The van der Waals surface area contributed by atoms with Gasteiger partial charge in [-0.15, -0.1) is 0 Å². The molecule has 0 unspecified atom stereocenters. The highest BCUT2D eigenvalue weighted by Crippen LogP contribution is 2.37. The van der Waals surface area contributed by atoms with Gasteiger partial charge in [0, 0.05) is 12.1 Å². The molecule has 8 nitrogen and oxygen atoms in total. The van der Waals surface area contributed by atoms with E-state index in [1.165, 1.54) is 6.20 Å². The van der Waals surface area contributed by atoms with Gasteiger partial charge in [0.25, 0.3) is 5.91 Å². The highest BCUT2D eigenvalue weighted by Gasteiger charge is 2.23. The molecule has 0 saturated heterocycles. The number of hydrogen-bond acceptors (Lipinski definition) is 8. The first-order valence-electron chi connectivity index (χ1n) is 9.56. The minimum atomic E-state index is -0.344. The summed E-state index contributed by atoms with van der Waals surface area (Å²) in [5.74, 6) is 1.42. The molecule has 3 heterocycles. The van der Waals surface area contributed by atoms with E-state index < -0.39 is 0 Å². The van der Waals surface area contributed by atoms with Crippen molar-refractivity contribution in [1.29, 1.82) is 0 Å². The average Bonchev–Trinajstić information content (AvgIpc) is 3.19. The molecule has 1 amide bonds. The lowest BCUT2D eigenvalue weighted by Crippen LogP contribution is -2.15. The number of thiazole rings is 1. The highest BCUT2D eigenvalue weighted by molar-refractivity contribution is 7.17. The SMILES string of the molecule is Cc1nc(Cl)cc(N(c2cc(Cl)nc(C)n2)c2ncc(C(=O)Nc3c(C)cccc3Cl)s2)n1. The second-order valence-corrected chi connectivity index (χ2v) is 9.11. The Morgan fingerprint density at radius 3 is 2.09 bits per heavy atom. The highest BCUT2D eigenvalue weighted by atomic mass is 35.5. The molecule has 0 spiro atoms. The fraction of sp³-hybridized carbons (Fsp3) is 0.143. The maximum atomic E-state index is 12.9. The minimum Gasteiger partial charge on any atom is -0.320 e. The molecule has 0 bridgehead atoms. The summed E-state index contributed by atoms with van der Waals surface area (Å²) in [6.07, 6.45) is 1.47. The maximum absolute atomic E-state index is 12.9. The average molecular weight is 521 g/mol. The number of benzene rings is 1. The van der Waals surface area contributed by atoms with Gasteiger partial charge in [-0.05, 0) is 32.4 Å². The van der Waals surface area contributed by atoms with Crippen molar-refractivity contribution in [2.45, 2.75) is 20.8 Å². The van der Waals surface area contributed by atoms with Crippen LogP contribution in [0.3, 0.4) is 0 Å². The first-order chi connectivity index (χ1) is 15.7. The van der Waals surface area contributed by atoms with Crippen LogP contribution in [-0.4, -0.2) is 30.8 Å². The van der Waals surface area contributed by atoms with E-state index in [9.17, 15) is 4.79 Å². The predicted molar refractivity (Wildman–Crippen MR) is 132 cm³/mol. The van der Waals surface area contributed by atoms with Gasteiger partial charge in [0.2, 0.25) is 0 Å². The normalized spacial score (nSPS) is 10.8. The van der Waals surface area contributed by atoms with Crippen LogP contribution in [0.2, 0.25) is 15.3 Å². The van der Waals surface area contributed by atoms with Gasteiger partial charge >= 0.3 is 0 Å². The number of nitrogens with one attached hydrogen (secondary N) is 1. The van der Waals surface area contributed by atoms with Crippen LogP contribution in [0.1, 0.15) is 26.9 Å². The number of halogens is 3. The number of aryl methyl sites for hydroxylation is 3. The number of hydrogen-bond donors (Lipinski definition) is 1. The molecule has 0 fully saturated rings. The van der Waals surface area contributed by atoms with E-state index in [-0.39, 0.29) is 16.2 Å². The standard InChI is InChI=1S/C21H16Cl3N7OS/c1-10-5-4-6-13(22)19(10)30-20(32)14-9-25-21(33-14)31(17-7-15(23)26-11(2)28-17)18-8-16(24)27-12(3)29-18/h4-9H,1-3H3,(H,30,32). The molecule has 12 heteroatoms. The number of anilines is 4. The Kier molecular flexibility index (Phi) is 6.76. The van der Waals surface area contributed by atoms with Gasteiger partial charge in [0.1, 0.15) is 38.5 Å². The van der Waals surface area contributed by atoms with Crippen molar-refractivity contribution < 1.29 is 4.79 Å². The number of carbonyl (C=O) groups excluding carboxylic acids is 1. The van der Waals surface area contributed by atoms with Crippen LogP contribution in [0.15, 0.2) is 36.5 Å². The van der Waals surface area contributed by atoms with E-state index in [2.05, 4.69) is 30.2 Å². The Morgan fingerprint density at radius 2 is 1.55 bits per heavy atom. The number of nitrogens with zero attached hydrogens (tertiary/aromatic N) is 6. The summed E-state index contributed by atoms with van der Waals surface area (Å²) in [5, 5.41) is 4.24. The number of amides is 1. The van der Waals surface area contributed by atoms with Crippen molar-refractivity contribution in [3.05, 3.63) is 73.9 Å². The van der Waals surface area contributed by atoms with Crippen molar-refractivity contribution >= 4 is 74.5 Å². The third-order valence-corrected chi connectivity index (χ3v) is 6.10. The molecule has 0 aliphatic heterocycles. The van der Waals surface area contributed by atoms with E-state index in [0.29, 0.717) is 44.0 Å². The number of rotatable bonds is 5. The largest absolute Gasteiger partial charge is 0.320 e. The molecular weight excluding hydrogens is 505 g/mol. The third kappa shape index (κ3) is 5.22. The van der Waals surface area contributed by atoms with E-state index in [0.717, 1.165) is 16.9 Å². The Labute approximate surface area is 208 Å². The summed E-state index contributed by atoms with van der Waals surface area (Å²) in [7, 11) is 0. The molecule has 0 saturated carbocycles. The van der Waals surface area contributed by atoms with Crippen LogP contribution in [0.4, 0.5) is 22.5 Å². The monoisotopic (exact) mass is 519 g/mol. The summed E-state index contributed by atoms with van der Waals surface area (Å²) < 4.78 is 0. The van der Waals surface area contributed by atoms with Gasteiger partial charge in [-0.3, -0.25) is 9.69 Å². The van der Waals surface area contributed by atoms with Crippen LogP contribution in [-0.2, 0) is 0 Å². The van der Waals surface area contributed by atoms with Gasteiger partial charge in [-0.1, -0.05) is 58.3 Å². The smallest absolute Gasteiger partial charge is 0.267 e. The zero-order chi connectivity index (χ0) is 23.7. The number of carbonyl (C=O) groups is 1. The number of para-hydroxylation sites is 1. The summed E-state index contributed by atoms with van der Waals surface area (Å²) in [4.78, 5) is 36.5. The summed E-state index contributed by atoms with van der Waals surface area (Å²) in [5.41, 5.74) is 1.40. The van der Waals surface area contributed by atoms with Crippen LogP contribution in [0, 0.1) is 20.8 Å².